The molecule has 0 rings (SSSR count). The molecule has 0 aliphatic heterocycles. The summed E-state index contributed by atoms with van der Waals surface area (Å²) in [5.41, 5.74) is 0. The summed E-state index contributed by atoms with van der Waals surface area (Å²) < 4.78 is 0. The van der Waals surface area contributed by atoms with Crippen LogP contribution in [0.3, 0.4) is 0 Å². The number of carboxylic acids is 1. The van der Waals surface area contributed by atoms with Crippen LogP contribution < -0.4 is 0 Å². The molecule has 0 saturated carbocycles. The largest absolute Gasteiger partial charge is 0.480 e. The van der Waals surface area contributed by atoms with Crippen LogP contribution in [0.25, 0.3) is 0 Å². The Bertz CT molecular complexity index is 106. The Hall–Kier alpha value is 0.170. The smallest absolute Gasteiger partial charge is 0.316 e. The molecule has 0 fully saturated rings. The van der Waals surface area contributed by atoms with Crippen molar-refractivity contribution in [2.45, 2.75) is 18.6 Å². The SMILES string of the molecule is CC(SCCCS)C(=O)O. The Balaban J connectivity index is 3.21. The van der Waals surface area contributed by atoms with Crippen LogP contribution in [0, 0.1) is 0 Å². The summed E-state index contributed by atoms with van der Waals surface area (Å²) in [5, 5.41) is 8.16. The van der Waals surface area contributed by atoms with Crippen LogP contribution in [0.2, 0.25) is 0 Å². The Labute approximate surface area is 70.8 Å². The molecule has 1 N–H and O–H groups in total. The molecule has 2 nitrogen and oxygen atoms in total. The van der Waals surface area contributed by atoms with Gasteiger partial charge in [-0.2, -0.15) is 12.6 Å². The molecule has 0 heterocycles. The summed E-state index contributed by atoms with van der Waals surface area (Å²) in [5.74, 6) is 0.986. The van der Waals surface area contributed by atoms with Crippen molar-refractivity contribution in [3.8, 4) is 0 Å². The van der Waals surface area contributed by atoms with E-state index in [1.54, 1.807) is 6.92 Å². The maximum absolute atomic E-state index is 10.3. The van der Waals surface area contributed by atoms with Crippen molar-refractivity contribution in [1.82, 2.24) is 0 Å². The minimum absolute atomic E-state index is 0.278. The molecule has 0 saturated heterocycles. The summed E-state index contributed by atoms with van der Waals surface area (Å²) in [6.07, 6.45) is 0.978. The zero-order valence-electron chi connectivity index (χ0n) is 5.91. The number of carboxylic acid groups (broad SMARTS) is 1. The van der Waals surface area contributed by atoms with Crippen molar-refractivity contribution in [2.24, 2.45) is 0 Å². The van der Waals surface area contributed by atoms with Gasteiger partial charge >= 0.3 is 5.97 Å². The van der Waals surface area contributed by atoms with Gasteiger partial charge in [-0.1, -0.05) is 0 Å². The lowest BCUT2D eigenvalue weighted by Gasteiger charge is -2.03. The zero-order chi connectivity index (χ0) is 7.98. The van der Waals surface area contributed by atoms with Crippen LogP contribution in [-0.2, 0) is 4.79 Å². The second kappa shape index (κ2) is 5.92. The first-order valence-electron chi connectivity index (χ1n) is 3.13. The number of thioether (sulfide) groups is 1. The molecule has 1 atom stereocenters. The third-order valence-corrected chi connectivity index (χ3v) is 2.56. The molecule has 0 amide bonds. The molecular formula is C6H12O2S2. The maximum atomic E-state index is 10.3. The Kier molecular flexibility index (Phi) is 6.02. The maximum Gasteiger partial charge on any atom is 0.316 e. The topological polar surface area (TPSA) is 37.3 Å². The van der Waals surface area contributed by atoms with Crippen molar-refractivity contribution >= 4 is 30.4 Å². The van der Waals surface area contributed by atoms with E-state index >= 15 is 0 Å². The van der Waals surface area contributed by atoms with E-state index in [0.717, 1.165) is 17.9 Å². The fraction of sp³-hybridized carbons (Fsp3) is 0.833. The number of carbonyl (C=O) groups is 1. The zero-order valence-corrected chi connectivity index (χ0v) is 7.62. The molecule has 0 radical (unpaired) electrons. The molecule has 1 unspecified atom stereocenters. The van der Waals surface area contributed by atoms with E-state index < -0.39 is 5.97 Å². The predicted octanol–water partition coefficient (Wildman–Crippen LogP) is 1.51. The van der Waals surface area contributed by atoms with E-state index in [1.165, 1.54) is 11.8 Å². The molecule has 0 aromatic carbocycles. The molecular weight excluding hydrogens is 168 g/mol. The van der Waals surface area contributed by atoms with E-state index in [-0.39, 0.29) is 5.25 Å². The summed E-state index contributed by atoms with van der Waals surface area (Å²) in [6.45, 7) is 1.70. The third kappa shape index (κ3) is 4.99. The van der Waals surface area contributed by atoms with Gasteiger partial charge in [0.15, 0.2) is 0 Å². The second-order valence-corrected chi connectivity index (χ2v) is 3.82. The Morgan fingerprint density at radius 1 is 1.80 bits per heavy atom. The van der Waals surface area contributed by atoms with Gasteiger partial charge in [0.1, 0.15) is 0 Å². The van der Waals surface area contributed by atoms with Crippen molar-refractivity contribution < 1.29 is 9.90 Å². The summed E-state index contributed by atoms with van der Waals surface area (Å²) >= 11 is 5.47. The highest BCUT2D eigenvalue weighted by Gasteiger charge is 2.09. The standard InChI is InChI=1S/C6H12O2S2/c1-5(6(7)8)10-4-2-3-9/h5,9H,2-4H2,1H3,(H,7,8). The van der Waals surface area contributed by atoms with Gasteiger partial charge in [-0.3, -0.25) is 4.79 Å². The molecule has 60 valence electrons. The minimum atomic E-state index is -0.732. The number of rotatable bonds is 5. The van der Waals surface area contributed by atoms with Gasteiger partial charge in [-0.15, -0.1) is 11.8 Å². The number of aliphatic carboxylic acids is 1. The van der Waals surface area contributed by atoms with Gasteiger partial charge < -0.3 is 5.11 Å². The van der Waals surface area contributed by atoms with Crippen LogP contribution in [0.5, 0.6) is 0 Å². The monoisotopic (exact) mass is 180 g/mol. The first-order valence-corrected chi connectivity index (χ1v) is 4.82. The highest BCUT2D eigenvalue weighted by atomic mass is 32.2. The summed E-state index contributed by atoms with van der Waals surface area (Å²) in [4.78, 5) is 10.3. The van der Waals surface area contributed by atoms with Crippen molar-refractivity contribution in [3.05, 3.63) is 0 Å². The number of thiol groups is 1. The first-order chi connectivity index (χ1) is 4.68. The third-order valence-electron chi connectivity index (χ3n) is 1.02. The molecule has 0 bridgehead atoms. The van der Waals surface area contributed by atoms with E-state index in [4.69, 9.17) is 5.11 Å². The molecule has 10 heavy (non-hydrogen) atoms. The van der Waals surface area contributed by atoms with Crippen LogP contribution in [-0.4, -0.2) is 27.8 Å². The van der Waals surface area contributed by atoms with Gasteiger partial charge in [0.2, 0.25) is 0 Å². The van der Waals surface area contributed by atoms with Gasteiger partial charge in [0.05, 0.1) is 5.25 Å². The fourth-order valence-electron chi connectivity index (χ4n) is 0.396. The lowest BCUT2D eigenvalue weighted by Crippen LogP contribution is -2.11. The van der Waals surface area contributed by atoms with Gasteiger partial charge in [-0.25, -0.2) is 0 Å². The average molecular weight is 180 g/mol. The molecule has 0 spiro atoms. The summed E-state index contributed by atoms with van der Waals surface area (Å²) in [6, 6.07) is 0. The molecule has 0 aromatic heterocycles. The van der Waals surface area contributed by atoms with Crippen molar-refractivity contribution in [2.75, 3.05) is 11.5 Å². The summed E-state index contributed by atoms with van der Waals surface area (Å²) in [7, 11) is 0. The van der Waals surface area contributed by atoms with Gasteiger partial charge in [0, 0.05) is 0 Å². The quantitative estimate of drug-likeness (QED) is 0.497. The number of hydrogen-bond donors (Lipinski definition) is 2. The average Bonchev–Trinajstić information content (AvgIpc) is 1.88. The van der Waals surface area contributed by atoms with Gasteiger partial charge in [0.25, 0.3) is 0 Å². The Morgan fingerprint density at radius 2 is 2.40 bits per heavy atom. The highest BCUT2D eigenvalue weighted by molar-refractivity contribution is 8.00. The van der Waals surface area contributed by atoms with Crippen LogP contribution in [0.1, 0.15) is 13.3 Å². The van der Waals surface area contributed by atoms with E-state index in [0.29, 0.717) is 0 Å². The number of hydrogen-bond acceptors (Lipinski definition) is 3. The van der Waals surface area contributed by atoms with Crippen molar-refractivity contribution in [3.63, 3.8) is 0 Å². The van der Waals surface area contributed by atoms with Crippen LogP contribution in [0.15, 0.2) is 0 Å². The van der Waals surface area contributed by atoms with Crippen LogP contribution >= 0.6 is 24.4 Å². The lowest BCUT2D eigenvalue weighted by atomic mass is 10.5. The van der Waals surface area contributed by atoms with Crippen LogP contribution in [0.4, 0.5) is 0 Å². The van der Waals surface area contributed by atoms with Crippen molar-refractivity contribution in [1.29, 1.82) is 0 Å². The first kappa shape index (κ1) is 10.2. The predicted molar refractivity (Wildman–Crippen MR) is 48.0 cm³/mol. The van der Waals surface area contributed by atoms with E-state index in [1.807, 2.05) is 0 Å². The van der Waals surface area contributed by atoms with Gasteiger partial charge in [-0.05, 0) is 24.9 Å². The Morgan fingerprint density at radius 3 is 2.80 bits per heavy atom. The normalized spacial score (nSPS) is 13.0. The second-order valence-electron chi connectivity index (χ2n) is 1.93. The highest BCUT2D eigenvalue weighted by Crippen LogP contribution is 2.11. The molecule has 0 aliphatic rings. The van der Waals surface area contributed by atoms with E-state index in [2.05, 4.69) is 12.6 Å². The minimum Gasteiger partial charge on any atom is -0.480 e. The molecule has 4 heteroatoms. The fourth-order valence-corrected chi connectivity index (χ4v) is 1.58. The van der Waals surface area contributed by atoms with E-state index in [9.17, 15) is 4.79 Å². The molecule has 0 aliphatic carbocycles. The lowest BCUT2D eigenvalue weighted by molar-refractivity contribution is -0.136. The molecule has 0 aromatic rings.